The largest absolute Gasteiger partial charge is 0.506 e. The highest BCUT2D eigenvalue weighted by Gasteiger charge is 2.25. The van der Waals surface area contributed by atoms with Gasteiger partial charge in [-0.2, -0.15) is 0 Å². The molecule has 0 bridgehead atoms. The molecule has 30 heavy (non-hydrogen) atoms. The van der Waals surface area contributed by atoms with Crippen LogP contribution in [0.5, 0.6) is 11.5 Å². The summed E-state index contributed by atoms with van der Waals surface area (Å²) in [5.41, 5.74) is 0.599. The highest BCUT2D eigenvalue weighted by Crippen LogP contribution is 2.27. The van der Waals surface area contributed by atoms with Gasteiger partial charge in [-0.05, 0) is 36.6 Å². The Morgan fingerprint density at radius 2 is 1.93 bits per heavy atom. The molecule has 7 nitrogen and oxygen atoms in total. The van der Waals surface area contributed by atoms with E-state index in [4.69, 9.17) is 4.74 Å². The lowest BCUT2D eigenvalue weighted by Crippen LogP contribution is -2.40. The van der Waals surface area contributed by atoms with Crippen LogP contribution in [-0.4, -0.2) is 33.7 Å². The lowest BCUT2D eigenvalue weighted by Gasteiger charge is -2.23. The first-order valence-electron chi connectivity index (χ1n) is 10.2. The van der Waals surface area contributed by atoms with Crippen molar-refractivity contribution < 1.29 is 14.6 Å². The fourth-order valence-electron chi connectivity index (χ4n) is 4.06. The average Bonchev–Trinajstić information content (AvgIpc) is 2.78. The number of hydrogen-bond donors (Lipinski definition) is 2. The molecule has 1 amide bonds. The van der Waals surface area contributed by atoms with Gasteiger partial charge in [0.2, 0.25) is 0 Å². The number of ether oxygens (including phenoxy) is 1. The number of carbonyl (C=O) groups excluding carboxylic acids is 1. The molecule has 1 aliphatic carbocycles. The number of fused-ring (bicyclic) bond motifs is 1. The number of aromatic nitrogens is 2. The molecule has 2 heterocycles. The predicted octanol–water partition coefficient (Wildman–Crippen LogP) is 3.22. The van der Waals surface area contributed by atoms with Crippen LogP contribution in [-0.2, 0) is 6.54 Å². The highest BCUT2D eigenvalue weighted by molar-refractivity contribution is 6.02. The molecule has 1 aliphatic rings. The Morgan fingerprint density at radius 1 is 1.20 bits per heavy atom. The topological polar surface area (TPSA) is 93.5 Å². The smallest absolute Gasteiger partial charge is 0.268 e. The number of benzene rings is 1. The van der Waals surface area contributed by atoms with Crippen molar-refractivity contribution in [2.45, 2.75) is 44.7 Å². The quantitative estimate of drug-likeness (QED) is 0.677. The third kappa shape index (κ3) is 3.87. The van der Waals surface area contributed by atoms with Crippen LogP contribution in [0.15, 0.2) is 47.5 Å². The van der Waals surface area contributed by atoms with Crippen molar-refractivity contribution in [2.24, 2.45) is 0 Å². The van der Waals surface area contributed by atoms with Gasteiger partial charge >= 0.3 is 0 Å². The SMILES string of the molecule is COc1ccc(Cn2c(=O)c(C(=O)NC3CCCCC3)c(O)c3ccncc32)cc1. The van der Waals surface area contributed by atoms with Crippen molar-refractivity contribution in [3.05, 3.63) is 64.2 Å². The Kier molecular flexibility index (Phi) is 5.70. The standard InChI is InChI=1S/C23H25N3O4/c1-30-17-9-7-15(8-10-17)14-26-19-13-24-12-11-18(19)21(27)20(23(26)29)22(28)25-16-5-3-2-4-6-16/h7-13,16,27H,2-6,14H2,1H3,(H,25,28). The van der Waals surface area contributed by atoms with Gasteiger partial charge in [0.25, 0.3) is 11.5 Å². The van der Waals surface area contributed by atoms with Gasteiger partial charge in [0.1, 0.15) is 17.1 Å². The first-order chi connectivity index (χ1) is 14.6. The zero-order valence-corrected chi connectivity index (χ0v) is 16.9. The van der Waals surface area contributed by atoms with E-state index in [1.165, 1.54) is 17.0 Å². The minimum atomic E-state index is -0.530. The summed E-state index contributed by atoms with van der Waals surface area (Å²) in [5.74, 6) is -0.0980. The Morgan fingerprint density at radius 3 is 2.63 bits per heavy atom. The lowest BCUT2D eigenvalue weighted by atomic mass is 9.95. The molecular formula is C23H25N3O4. The molecular weight excluding hydrogens is 382 g/mol. The summed E-state index contributed by atoms with van der Waals surface area (Å²) in [6.07, 6.45) is 8.13. The molecule has 0 spiro atoms. The maximum atomic E-state index is 13.3. The van der Waals surface area contributed by atoms with E-state index >= 15 is 0 Å². The molecule has 3 aromatic rings. The normalized spacial score (nSPS) is 14.6. The highest BCUT2D eigenvalue weighted by atomic mass is 16.5. The van der Waals surface area contributed by atoms with Crippen LogP contribution in [0.1, 0.15) is 48.0 Å². The van der Waals surface area contributed by atoms with Gasteiger partial charge in [-0.1, -0.05) is 31.4 Å². The fourth-order valence-corrected chi connectivity index (χ4v) is 4.06. The number of hydrogen-bond acceptors (Lipinski definition) is 5. The van der Waals surface area contributed by atoms with Crippen molar-refractivity contribution in [1.29, 1.82) is 0 Å². The van der Waals surface area contributed by atoms with Gasteiger partial charge in [0, 0.05) is 17.6 Å². The number of methoxy groups -OCH3 is 1. The van der Waals surface area contributed by atoms with Crippen molar-refractivity contribution in [3.8, 4) is 11.5 Å². The molecule has 0 atom stereocenters. The molecule has 0 unspecified atom stereocenters. The maximum absolute atomic E-state index is 13.3. The third-order valence-electron chi connectivity index (χ3n) is 5.71. The summed E-state index contributed by atoms with van der Waals surface area (Å²) in [6.45, 7) is 0.245. The number of pyridine rings is 2. The summed E-state index contributed by atoms with van der Waals surface area (Å²) >= 11 is 0. The second kappa shape index (κ2) is 8.57. The van der Waals surface area contributed by atoms with Gasteiger partial charge in [0.15, 0.2) is 0 Å². The molecule has 0 radical (unpaired) electrons. The second-order valence-electron chi connectivity index (χ2n) is 7.66. The monoisotopic (exact) mass is 407 g/mol. The zero-order valence-electron chi connectivity index (χ0n) is 16.9. The number of nitrogens with one attached hydrogen (secondary N) is 1. The van der Waals surface area contributed by atoms with Crippen molar-refractivity contribution in [3.63, 3.8) is 0 Å². The van der Waals surface area contributed by atoms with E-state index in [1.54, 1.807) is 13.2 Å². The van der Waals surface area contributed by atoms with Crippen LogP contribution in [0.4, 0.5) is 0 Å². The molecule has 2 N–H and O–H groups in total. The maximum Gasteiger partial charge on any atom is 0.268 e. The minimum Gasteiger partial charge on any atom is -0.506 e. The summed E-state index contributed by atoms with van der Waals surface area (Å²) < 4.78 is 6.67. The molecule has 2 aromatic heterocycles. The van der Waals surface area contributed by atoms with E-state index in [-0.39, 0.29) is 23.9 Å². The minimum absolute atomic E-state index is 0.0354. The van der Waals surface area contributed by atoms with E-state index in [0.29, 0.717) is 10.9 Å². The zero-order chi connectivity index (χ0) is 21.1. The van der Waals surface area contributed by atoms with Gasteiger partial charge in [-0.15, -0.1) is 0 Å². The molecule has 1 fully saturated rings. The Labute approximate surface area is 174 Å². The first kappa shape index (κ1) is 19.9. The number of amides is 1. The predicted molar refractivity (Wildman–Crippen MR) is 114 cm³/mol. The average molecular weight is 407 g/mol. The Hall–Kier alpha value is -3.35. The Bertz CT molecular complexity index is 1120. The summed E-state index contributed by atoms with van der Waals surface area (Å²) in [5, 5.41) is 14.1. The molecule has 1 saturated carbocycles. The number of carbonyl (C=O) groups is 1. The van der Waals surface area contributed by atoms with Crippen LogP contribution in [0.3, 0.4) is 0 Å². The molecule has 4 rings (SSSR count). The number of nitrogens with zero attached hydrogens (tertiary/aromatic N) is 2. The number of aromatic hydroxyl groups is 1. The van der Waals surface area contributed by atoms with E-state index in [2.05, 4.69) is 10.3 Å². The fraction of sp³-hybridized carbons (Fsp3) is 0.348. The van der Waals surface area contributed by atoms with Crippen molar-refractivity contribution in [2.75, 3.05) is 7.11 Å². The summed E-state index contributed by atoms with van der Waals surface area (Å²) in [4.78, 5) is 30.4. The van der Waals surface area contributed by atoms with E-state index in [9.17, 15) is 14.7 Å². The van der Waals surface area contributed by atoms with Crippen LogP contribution < -0.4 is 15.6 Å². The van der Waals surface area contributed by atoms with E-state index in [0.717, 1.165) is 43.4 Å². The van der Waals surface area contributed by atoms with E-state index in [1.807, 2.05) is 24.3 Å². The van der Waals surface area contributed by atoms with Gasteiger partial charge in [-0.25, -0.2) is 0 Å². The number of rotatable bonds is 5. The summed E-state index contributed by atoms with van der Waals surface area (Å²) in [6, 6.07) is 9.01. The van der Waals surface area contributed by atoms with Gasteiger partial charge < -0.3 is 19.7 Å². The van der Waals surface area contributed by atoms with Gasteiger partial charge in [0.05, 0.1) is 25.4 Å². The van der Waals surface area contributed by atoms with Crippen molar-refractivity contribution in [1.82, 2.24) is 14.9 Å². The molecule has 0 aliphatic heterocycles. The molecule has 1 aromatic carbocycles. The van der Waals surface area contributed by atoms with Crippen molar-refractivity contribution >= 4 is 16.8 Å². The van der Waals surface area contributed by atoms with Crippen LogP contribution in [0, 0.1) is 0 Å². The van der Waals surface area contributed by atoms with Crippen LogP contribution in [0.25, 0.3) is 10.9 Å². The first-order valence-corrected chi connectivity index (χ1v) is 10.2. The van der Waals surface area contributed by atoms with Crippen LogP contribution in [0.2, 0.25) is 0 Å². The van der Waals surface area contributed by atoms with Gasteiger partial charge in [-0.3, -0.25) is 14.6 Å². The second-order valence-corrected chi connectivity index (χ2v) is 7.66. The van der Waals surface area contributed by atoms with E-state index < -0.39 is 11.5 Å². The molecule has 0 saturated heterocycles. The van der Waals surface area contributed by atoms with Crippen LogP contribution >= 0.6 is 0 Å². The molecule has 156 valence electrons. The lowest BCUT2D eigenvalue weighted by molar-refractivity contribution is 0.0923. The molecule has 7 heteroatoms. The third-order valence-corrected chi connectivity index (χ3v) is 5.71. The summed E-state index contributed by atoms with van der Waals surface area (Å²) in [7, 11) is 1.59. The Balaban J connectivity index is 1.76.